The Hall–Kier alpha value is -2.41. The van der Waals surface area contributed by atoms with E-state index in [-0.39, 0.29) is 24.8 Å². The predicted octanol–water partition coefficient (Wildman–Crippen LogP) is 1.16. The molecule has 2 amide bonds. The number of hydrogen-bond donors (Lipinski definition) is 2. The fourth-order valence-corrected chi connectivity index (χ4v) is 1.47. The number of hydrazone groups is 1. The summed E-state index contributed by atoms with van der Waals surface area (Å²) >= 11 is 0. The molecular weight excluding hydrogens is 274 g/mol. The van der Waals surface area contributed by atoms with Crippen LogP contribution in [0.1, 0.15) is 13.3 Å². The Labute approximate surface area is 123 Å². The number of ether oxygens (including phenoxy) is 2. The van der Waals surface area contributed by atoms with Crippen LogP contribution in [0.3, 0.4) is 0 Å². The van der Waals surface area contributed by atoms with Gasteiger partial charge in [0.25, 0.3) is 5.91 Å². The highest BCUT2D eigenvalue weighted by Gasteiger charge is 2.05. The van der Waals surface area contributed by atoms with E-state index in [1.54, 1.807) is 38.3 Å². The lowest BCUT2D eigenvalue weighted by atomic mass is 10.2. The van der Waals surface area contributed by atoms with Crippen LogP contribution in [0.4, 0.5) is 5.69 Å². The van der Waals surface area contributed by atoms with E-state index in [0.717, 1.165) is 0 Å². The van der Waals surface area contributed by atoms with Gasteiger partial charge in [0.05, 0.1) is 13.5 Å². The molecule has 1 aromatic carbocycles. The zero-order valence-electron chi connectivity index (χ0n) is 12.3. The van der Waals surface area contributed by atoms with Crippen molar-refractivity contribution in [3.63, 3.8) is 0 Å². The average molecular weight is 293 g/mol. The van der Waals surface area contributed by atoms with Gasteiger partial charge in [0.1, 0.15) is 12.4 Å². The summed E-state index contributed by atoms with van der Waals surface area (Å²) in [5.74, 6) is 0.126. The number of hydrogen-bond acceptors (Lipinski definition) is 5. The van der Waals surface area contributed by atoms with Gasteiger partial charge in [-0.1, -0.05) is 0 Å². The molecule has 0 fully saturated rings. The van der Waals surface area contributed by atoms with Crippen molar-refractivity contribution in [3.8, 4) is 5.75 Å². The molecule has 114 valence electrons. The van der Waals surface area contributed by atoms with Crippen molar-refractivity contribution < 1.29 is 19.1 Å². The Morgan fingerprint density at radius 3 is 2.38 bits per heavy atom. The molecule has 0 heterocycles. The number of carbonyl (C=O) groups excluding carboxylic acids is 2. The first kappa shape index (κ1) is 16.6. The highest BCUT2D eigenvalue weighted by Crippen LogP contribution is 2.15. The van der Waals surface area contributed by atoms with Crippen molar-refractivity contribution in [2.24, 2.45) is 5.10 Å². The van der Waals surface area contributed by atoms with Crippen LogP contribution in [0.25, 0.3) is 0 Å². The van der Waals surface area contributed by atoms with Crippen LogP contribution in [-0.2, 0) is 14.3 Å². The van der Waals surface area contributed by atoms with Crippen LogP contribution in [0, 0.1) is 0 Å². The predicted molar refractivity (Wildman–Crippen MR) is 79.4 cm³/mol. The lowest BCUT2D eigenvalue weighted by molar-refractivity contribution is -0.124. The molecule has 0 bridgehead atoms. The maximum atomic E-state index is 11.8. The van der Waals surface area contributed by atoms with Gasteiger partial charge < -0.3 is 14.8 Å². The molecule has 0 unspecified atom stereocenters. The van der Waals surface area contributed by atoms with Gasteiger partial charge in [0, 0.05) is 18.5 Å². The zero-order chi connectivity index (χ0) is 15.7. The molecule has 1 rings (SSSR count). The summed E-state index contributed by atoms with van der Waals surface area (Å²) < 4.78 is 9.67. The smallest absolute Gasteiger partial charge is 0.266 e. The molecule has 0 spiro atoms. The quantitative estimate of drug-likeness (QED) is 0.583. The molecule has 1 aromatic rings. The summed E-state index contributed by atoms with van der Waals surface area (Å²) in [5.41, 5.74) is 3.45. The molecule has 0 saturated heterocycles. The topological polar surface area (TPSA) is 89.0 Å². The lowest BCUT2D eigenvalue weighted by Crippen LogP contribution is -2.24. The number of rotatable bonds is 7. The van der Waals surface area contributed by atoms with E-state index in [2.05, 4.69) is 20.6 Å². The Morgan fingerprint density at radius 2 is 1.81 bits per heavy atom. The van der Waals surface area contributed by atoms with Gasteiger partial charge in [-0.25, -0.2) is 5.43 Å². The van der Waals surface area contributed by atoms with Crippen LogP contribution < -0.4 is 15.5 Å². The zero-order valence-corrected chi connectivity index (χ0v) is 12.3. The van der Waals surface area contributed by atoms with Crippen LogP contribution in [0.2, 0.25) is 0 Å². The number of methoxy groups -OCH3 is 2. The summed E-state index contributed by atoms with van der Waals surface area (Å²) in [6.07, 6.45) is 0.0826. The van der Waals surface area contributed by atoms with Crippen molar-refractivity contribution >= 4 is 23.2 Å². The second kappa shape index (κ2) is 8.70. The van der Waals surface area contributed by atoms with E-state index < -0.39 is 0 Å². The maximum Gasteiger partial charge on any atom is 0.266 e. The van der Waals surface area contributed by atoms with Crippen LogP contribution >= 0.6 is 0 Å². The monoisotopic (exact) mass is 293 g/mol. The Bertz CT molecular complexity index is 511. The summed E-state index contributed by atoms with van der Waals surface area (Å²) in [5, 5.41) is 6.53. The molecule has 0 aliphatic heterocycles. The van der Waals surface area contributed by atoms with Gasteiger partial charge in [0.15, 0.2) is 0 Å². The van der Waals surface area contributed by atoms with E-state index in [1.807, 2.05) is 0 Å². The molecule has 2 N–H and O–H groups in total. The minimum absolute atomic E-state index is 0.0746. The molecule has 0 aromatic heterocycles. The Balaban J connectivity index is 2.44. The van der Waals surface area contributed by atoms with Gasteiger partial charge in [0.2, 0.25) is 5.91 Å². The van der Waals surface area contributed by atoms with Crippen molar-refractivity contribution in [1.29, 1.82) is 0 Å². The van der Waals surface area contributed by atoms with E-state index in [1.165, 1.54) is 7.11 Å². The van der Waals surface area contributed by atoms with E-state index in [9.17, 15) is 9.59 Å². The third kappa shape index (κ3) is 6.53. The third-order valence-electron chi connectivity index (χ3n) is 2.44. The number of amides is 2. The van der Waals surface area contributed by atoms with Crippen LogP contribution in [0.5, 0.6) is 5.75 Å². The molecular formula is C14H19N3O4. The van der Waals surface area contributed by atoms with Gasteiger partial charge in [-0.2, -0.15) is 5.10 Å². The number of nitrogens with one attached hydrogen (secondary N) is 2. The van der Waals surface area contributed by atoms with E-state index in [0.29, 0.717) is 17.1 Å². The first-order valence-electron chi connectivity index (χ1n) is 6.30. The van der Waals surface area contributed by atoms with Crippen LogP contribution in [0.15, 0.2) is 29.4 Å². The molecule has 0 aliphatic carbocycles. The molecule has 7 nitrogen and oxygen atoms in total. The third-order valence-corrected chi connectivity index (χ3v) is 2.44. The second-order valence-corrected chi connectivity index (χ2v) is 4.27. The fraction of sp³-hybridized carbons (Fsp3) is 0.357. The highest BCUT2D eigenvalue weighted by molar-refractivity contribution is 6.05. The first-order chi connectivity index (χ1) is 10.0. The lowest BCUT2D eigenvalue weighted by Gasteiger charge is -2.06. The molecule has 0 radical (unpaired) electrons. The average Bonchev–Trinajstić information content (AvgIpc) is 2.46. The van der Waals surface area contributed by atoms with Crippen LogP contribution in [-0.4, -0.2) is 38.4 Å². The van der Waals surface area contributed by atoms with Gasteiger partial charge in [-0.3, -0.25) is 9.59 Å². The Kier molecular flexibility index (Phi) is 6.90. The first-order valence-corrected chi connectivity index (χ1v) is 6.30. The minimum atomic E-state index is -0.368. The molecule has 0 atom stereocenters. The van der Waals surface area contributed by atoms with Crippen molar-refractivity contribution in [1.82, 2.24) is 5.43 Å². The highest BCUT2D eigenvalue weighted by atomic mass is 16.5. The van der Waals surface area contributed by atoms with Gasteiger partial charge in [-0.05, 0) is 31.2 Å². The van der Waals surface area contributed by atoms with Gasteiger partial charge >= 0.3 is 0 Å². The number of carbonyl (C=O) groups is 2. The van der Waals surface area contributed by atoms with Crippen molar-refractivity contribution in [2.75, 3.05) is 26.1 Å². The molecule has 7 heteroatoms. The summed E-state index contributed by atoms with van der Waals surface area (Å²) in [6.45, 7) is 1.58. The van der Waals surface area contributed by atoms with Crippen molar-refractivity contribution in [2.45, 2.75) is 13.3 Å². The SMILES string of the molecule is COCC(=O)N/N=C(/C)CC(=O)Nc1ccc(OC)cc1. The minimum Gasteiger partial charge on any atom is -0.497 e. The summed E-state index contributed by atoms with van der Waals surface area (Å²) in [6, 6.07) is 6.98. The largest absolute Gasteiger partial charge is 0.497 e. The normalized spacial score (nSPS) is 10.9. The molecule has 21 heavy (non-hydrogen) atoms. The van der Waals surface area contributed by atoms with E-state index >= 15 is 0 Å². The number of anilines is 1. The standard InChI is InChI=1S/C14H19N3O4/c1-10(16-17-14(19)9-20-2)8-13(18)15-11-4-6-12(21-3)7-5-11/h4-7H,8-9H2,1-3H3,(H,15,18)(H,17,19)/b16-10-. The second-order valence-electron chi connectivity index (χ2n) is 4.27. The summed E-state index contributed by atoms with van der Waals surface area (Å²) in [4.78, 5) is 22.9. The maximum absolute atomic E-state index is 11.8. The number of nitrogens with zero attached hydrogens (tertiary/aromatic N) is 1. The molecule has 0 saturated carbocycles. The fourth-order valence-electron chi connectivity index (χ4n) is 1.47. The number of benzene rings is 1. The van der Waals surface area contributed by atoms with Crippen molar-refractivity contribution in [3.05, 3.63) is 24.3 Å². The Morgan fingerprint density at radius 1 is 1.14 bits per heavy atom. The molecule has 0 aliphatic rings. The summed E-state index contributed by atoms with van der Waals surface area (Å²) in [7, 11) is 2.99. The van der Waals surface area contributed by atoms with Gasteiger partial charge in [-0.15, -0.1) is 0 Å². The van der Waals surface area contributed by atoms with E-state index in [4.69, 9.17) is 4.74 Å².